The molecule has 1 aromatic carbocycles. The van der Waals surface area contributed by atoms with Gasteiger partial charge in [0.25, 0.3) is 0 Å². The summed E-state index contributed by atoms with van der Waals surface area (Å²) >= 11 is 0. The van der Waals surface area contributed by atoms with Crippen molar-refractivity contribution in [2.75, 3.05) is 26.2 Å². The average molecular weight is 413 g/mol. The first-order chi connectivity index (χ1) is 13.5. The zero-order valence-corrected chi connectivity index (χ0v) is 17.4. The molecule has 0 bridgehead atoms. The summed E-state index contributed by atoms with van der Waals surface area (Å²) < 4.78 is 46.9. The summed E-state index contributed by atoms with van der Waals surface area (Å²) in [6.45, 7) is 8.73. The monoisotopic (exact) mass is 413 g/mol. The maximum absolute atomic E-state index is 13.9. The van der Waals surface area contributed by atoms with Crippen LogP contribution in [0.25, 0.3) is 0 Å². The Balaban J connectivity index is 1.64. The third-order valence-electron chi connectivity index (χ3n) is 5.62. The number of ether oxygens (including phenoxy) is 1. The molecule has 162 valence electrons. The van der Waals surface area contributed by atoms with Gasteiger partial charge in [0, 0.05) is 44.8 Å². The number of alkyl halides is 3. The first-order valence-electron chi connectivity index (χ1n) is 10.0. The van der Waals surface area contributed by atoms with Gasteiger partial charge in [-0.05, 0) is 33.3 Å². The van der Waals surface area contributed by atoms with Gasteiger partial charge in [0.1, 0.15) is 11.6 Å². The van der Waals surface area contributed by atoms with Crippen LogP contribution in [0.5, 0.6) is 0 Å². The second-order valence-electron chi connectivity index (χ2n) is 8.96. The Labute approximate surface area is 170 Å². The Morgan fingerprint density at radius 3 is 2.31 bits per heavy atom. The Bertz CT molecular complexity index is 705. The van der Waals surface area contributed by atoms with Crippen LogP contribution >= 0.6 is 0 Å². The molecule has 8 heteroatoms. The lowest BCUT2D eigenvalue weighted by molar-refractivity contribution is -0.215. The topological polar surface area (TPSA) is 36.0 Å². The number of benzene rings is 1. The number of hydrogen-bond acceptors (Lipinski definition) is 4. The maximum Gasteiger partial charge on any atom is 0.410 e. The average Bonchev–Trinajstić information content (AvgIpc) is 2.60. The number of piperazine rings is 1. The molecule has 2 fully saturated rings. The molecule has 29 heavy (non-hydrogen) atoms. The van der Waals surface area contributed by atoms with Gasteiger partial charge in [-0.2, -0.15) is 13.2 Å². The third kappa shape index (κ3) is 5.22. The van der Waals surface area contributed by atoms with Crippen LogP contribution in [0.4, 0.5) is 18.0 Å². The van der Waals surface area contributed by atoms with E-state index in [2.05, 4.69) is 0 Å². The van der Waals surface area contributed by atoms with Crippen LogP contribution in [0.2, 0.25) is 0 Å². The fourth-order valence-electron chi connectivity index (χ4n) is 4.06. The molecule has 1 amide bonds. The molecule has 2 saturated heterocycles. The molecule has 0 spiro atoms. The van der Waals surface area contributed by atoms with Gasteiger partial charge >= 0.3 is 12.3 Å². The molecule has 3 rings (SSSR count). The van der Waals surface area contributed by atoms with E-state index in [1.807, 2.05) is 35.2 Å². The summed E-state index contributed by atoms with van der Waals surface area (Å²) in [6, 6.07) is 7.40. The zero-order valence-electron chi connectivity index (χ0n) is 17.4. The van der Waals surface area contributed by atoms with Crippen molar-refractivity contribution in [1.29, 1.82) is 0 Å². The molecule has 2 aliphatic rings. The minimum atomic E-state index is -4.32. The van der Waals surface area contributed by atoms with E-state index in [1.165, 1.54) is 9.80 Å². The quantitative estimate of drug-likeness (QED) is 0.756. The molecule has 0 radical (unpaired) electrons. The van der Waals surface area contributed by atoms with Crippen molar-refractivity contribution in [3.63, 3.8) is 0 Å². The van der Waals surface area contributed by atoms with Crippen molar-refractivity contribution in [2.24, 2.45) is 0 Å². The Kier molecular flexibility index (Phi) is 6.15. The summed E-state index contributed by atoms with van der Waals surface area (Å²) in [7, 11) is 0. The fourth-order valence-corrected chi connectivity index (χ4v) is 4.06. The molecule has 1 unspecified atom stereocenters. The molecule has 2 aliphatic heterocycles. The third-order valence-corrected chi connectivity index (χ3v) is 5.62. The van der Waals surface area contributed by atoms with E-state index in [9.17, 15) is 18.0 Å². The lowest BCUT2D eigenvalue weighted by Gasteiger charge is -2.55. The molecule has 3 atom stereocenters. The van der Waals surface area contributed by atoms with Gasteiger partial charge in [-0.1, -0.05) is 30.3 Å². The van der Waals surface area contributed by atoms with Gasteiger partial charge in [0.2, 0.25) is 0 Å². The maximum atomic E-state index is 13.9. The Morgan fingerprint density at radius 1 is 1.10 bits per heavy atom. The summed E-state index contributed by atoms with van der Waals surface area (Å²) in [6.07, 6.45) is -4.78. The van der Waals surface area contributed by atoms with Crippen molar-refractivity contribution in [3.8, 4) is 0 Å². The van der Waals surface area contributed by atoms with Gasteiger partial charge in [0.15, 0.2) is 0 Å². The number of likely N-dealkylation sites (tertiary alicyclic amines) is 1. The number of carbonyl (C=O) groups excluding carboxylic acids is 1. The van der Waals surface area contributed by atoms with E-state index < -0.39 is 23.9 Å². The summed E-state index contributed by atoms with van der Waals surface area (Å²) in [5.74, 6) is 0. The van der Waals surface area contributed by atoms with Gasteiger partial charge in [-0.3, -0.25) is 9.80 Å². The van der Waals surface area contributed by atoms with Crippen LogP contribution in [-0.2, 0) is 11.3 Å². The molecule has 0 N–H and O–H groups in total. The van der Waals surface area contributed by atoms with Gasteiger partial charge in [0.05, 0.1) is 0 Å². The number of rotatable bonds is 3. The molecule has 5 nitrogen and oxygen atoms in total. The van der Waals surface area contributed by atoms with E-state index in [4.69, 9.17) is 4.74 Å². The van der Waals surface area contributed by atoms with Crippen LogP contribution in [0.3, 0.4) is 0 Å². The minimum Gasteiger partial charge on any atom is -0.444 e. The number of amides is 1. The van der Waals surface area contributed by atoms with Crippen LogP contribution in [0, 0.1) is 0 Å². The molecule has 0 saturated carbocycles. The van der Waals surface area contributed by atoms with Crippen molar-refractivity contribution >= 4 is 6.09 Å². The zero-order chi connectivity index (χ0) is 21.4. The summed E-state index contributed by atoms with van der Waals surface area (Å²) in [5, 5.41) is 0. The van der Waals surface area contributed by atoms with Crippen LogP contribution in [-0.4, -0.2) is 76.9 Å². The number of halogens is 3. The second-order valence-corrected chi connectivity index (χ2v) is 8.96. The van der Waals surface area contributed by atoms with Gasteiger partial charge in [-0.25, -0.2) is 4.79 Å². The molecular weight excluding hydrogens is 383 g/mol. The normalized spacial score (nSPS) is 26.9. The minimum absolute atomic E-state index is 0.0615. The highest BCUT2D eigenvalue weighted by atomic mass is 19.4. The van der Waals surface area contributed by atoms with Crippen LogP contribution in [0.1, 0.15) is 33.3 Å². The van der Waals surface area contributed by atoms with E-state index in [-0.39, 0.29) is 25.2 Å². The van der Waals surface area contributed by atoms with E-state index in [0.29, 0.717) is 19.6 Å². The first-order valence-corrected chi connectivity index (χ1v) is 10.0. The summed E-state index contributed by atoms with van der Waals surface area (Å²) in [5.41, 5.74) is 0.384. The SMILES string of the molecule is C[C@@H]1[C@H](N2CCN(Cc3ccccc3)CC2C(F)(F)F)CN1C(=O)OC(C)(C)C. The smallest absolute Gasteiger partial charge is 0.410 e. The van der Waals surface area contributed by atoms with Crippen molar-refractivity contribution < 1.29 is 22.7 Å². The van der Waals surface area contributed by atoms with Crippen molar-refractivity contribution in [2.45, 2.75) is 64.1 Å². The molecule has 0 aliphatic carbocycles. The number of hydrogen-bond donors (Lipinski definition) is 0. The van der Waals surface area contributed by atoms with E-state index in [1.54, 1.807) is 27.7 Å². The van der Waals surface area contributed by atoms with Crippen molar-refractivity contribution in [3.05, 3.63) is 35.9 Å². The Hall–Kier alpha value is -1.80. The van der Waals surface area contributed by atoms with E-state index >= 15 is 0 Å². The van der Waals surface area contributed by atoms with E-state index in [0.717, 1.165) is 5.56 Å². The molecule has 2 heterocycles. The molecule has 1 aromatic rings. The largest absolute Gasteiger partial charge is 0.444 e. The summed E-state index contributed by atoms with van der Waals surface area (Å²) in [4.78, 5) is 17.2. The lowest BCUT2D eigenvalue weighted by atomic mass is 9.93. The highest BCUT2D eigenvalue weighted by Gasteiger charge is 2.53. The van der Waals surface area contributed by atoms with Crippen LogP contribution < -0.4 is 0 Å². The van der Waals surface area contributed by atoms with Gasteiger partial charge in [-0.15, -0.1) is 0 Å². The number of carbonyl (C=O) groups is 1. The standard InChI is InChI=1S/C21H30F3N3O2/c1-15-17(13-27(15)19(28)29-20(2,3)4)26-11-10-25(14-18(26)21(22,23)24)12-16-8-6-5-7-9-16/h5-9,15,17-18H,10-14H2,1-4H3/t15-,17-,18?/m1/s1. The highest BCUT2D eigenvalue weighted by molar-refractivity contribution is 5.70. The predicted molar refractivity (Wildman–Crippen MR) is 104 cm³/mol. The Morgan fingerprint density at radius 2 is 1.76 bits per heavy atom. The van der Waals surface area contributed by atoms with Crippen LogP contribution in [0.15, 0.2) is 30.3 Å². The molecule has 0 aromatic heterocycles. The fraction of sp³-hybridized carbons (Fsp3) is 0.667. The second kappa shape index (κ2) is 8.14. The number of nitrogens with zero attached hydrogens (tertiary/aromatic N) is 3. The predicted octanol–water partition coefficient (Wildman–Crippen LogP) is 3.74. The van der Waals surface area contributed by atoms with Crippen molar-refractivity contribution in [1.82, 2.24) is 14.7 Å². The lowest BCUT2D eigenvalue weighted by Crippen LogP contribution is -2.73. The highest BCUT2D eigenvalue weighted by Crippen LogP contribution is 2.35. The van der Waals surface area contributed by atoms with Gasteiger partial charge < -0.3 is 9.64 Å². The first kappa shape index (κ1) is 21.9. The molecular formula is C21H30F3N3O2.